The largest absolute Gasteiger partial charge is 0.484 e. The van der Waals surface area contributed by atoms with E-state index in [0.717, 1.165) is 47.6 Å². The molecule has 4 aromatic heterocycles. The molecule has 5 heterocycles. The van der Waals surface area contributed by atoms with Crippen LogP contribution in [0.4, 0.5) is 16.6 Å². The second-order valence-electron chi connectivity index (χ2n) is 14.4. The number of anilines is 2. The number of nitrogens with zero attached hydrogens (tertiary/aromatic N) is 8. The molecular formula is C35H44N10O5S. The molecule has 0 saturated carbocycles. The molecule has 1 fully saturated rings. The summed E-state index contributed by atoms with van der Waals surface area (Å²) < 4.78 is 39.8. The fourth-order valence-corrected chi connectivity index (χ4v) is 7.15. The van der Waals surface area contributed by atoms with Crippen molar-refractivity contribution in [3.05, 3.63) is 77.9 Å². The monoisotopic (exact) mass is 716 g/mol. The highest BCUT2D eigenvalue weighted by atomic mass is 32.2. The van der Waals surface area contributed by atoms with Crippen molar-refractivity contribution in [2.45, 2.75) is 64.0 Å². The average molecular weight is 717 g/mol. The first-order valence-corrected chi connectivity index (χ1v) is 19.0. The molecule has 270 valence electrons. The summed E-state index contributed by atoms with van der Waals surface area (Å²) in [7, 11) is -1.62. The van der Waals surface area contributed by atoms with Gasteiger partial charge < -0.3 is 15.0 Å². The molecule has 2 amide bonds. The number of aryl methyl sites for hydroxylation is 1. The zero-order valence-electron chi connectivity index (χ0n) is 29.5. The quantitative estimate of drug-likeness (QED) is 0.200. The first-order chi connectivity index (χ1) is 24.3. The van der Waals surface area contributed by atoms with Crippen molar-refractivity contribution in [1.29, 1.82) is 0 Å². The maximum absolute atomic E-state index is 13.5. The number of rotatable bonds is 9. The molecule has 0 unspecified atom stereocenters. The molecule has 1 aromatic carbocycles. The summed E-state index contributed by atoms with van der Waals surface area (Å²) in [6.07, 6.45) is 9.31. The predicted molar refractivity (Wildman–Crippen MR) is 192 cm³/mol. The Labute approximate surface area is 297 Å². The van der Waals surface area contributed by atoms with E-state index < -0.39 is 10.1 Å². The minimum atomic E-state index is -3.46. The number of urea groups is 1. The van der Waals surface area contributed by atoms with Crippen molar-refractivity contribution in [3.63, 3.8) is 0 Å². The number of benzene rings is 1. The number of carbonyl (C=O) groups excluding carboxylic acids is 1. The van der Waals surface area contributed by atoms with Gasteiger partial charge in [-0.1, -0.05) is 45.0 Å². The van der Waals surface area contributed by atoms with Gasteiger partial charge in [0.2, 0.25) is 5.95 Å². The maximum Gasteiger partial charge on any atom is 0.320 e. The summed E-state index contributed by atoms with van der Waals surface area (Å²) in [5, 5.41) is 24.1. The first-order valence-electron chi connectivity index (χ1n) is 17.2. The van der Waals surface area contributed by atoms with Crippen LogP contribution in [0.1, 0.15) is 75.4 Å². The van der Waals surface area contributed by atoms with Gasteiger partial charge in [0.15, 0.2) is 5.65 Å². The number of amides is 2. The second kappa shape index (κ2) is 13.6. The molecule has 15 nitrogen and oxygen atoms in total. The van der Waals surface area contributed by atoms with Gasteiger partial charge in [-0.15, -0.1) is 10.2 Å². The molecule has 0 bridgehead atoms. The number of hydrogen-bond donors (Lipinski definition) is 2. The van der Waals surface area contributed by atoms with E-state index in [0.29, 0.717) is 43.1 Å². The van der Waals surface area contributed by atoms with E-state index in [9.17, 15) is 13.2 Å². The Bertz CT molecular complexity index is 2140. The molecule has 16 heteroatoms. The topological polar surface area (TPSA) is 163 Å². The number of aromatic nitrogens is 7. The number of hydrogen-bond acceptors (Lipinski definition) is 10. The van der Waals surface area contributed by atoms with Gasteiger partial charge in [-0.3, -0.25) is 18.6 Å². The smallest absolute Gasteiger partial charge is 0.320 e. The number of fused-ring (bicyclic) bond motifs is 2. The minimum Gasteiger partial charge on any atom is -0.484 e. The van der Waals surface area contributed by atoms with Gasteiger partial charge in [0.05, 0.1) is 43.2 Å². The standard InChI is InChI=1S/C35H44N10O5S/c1-35(2,3)30-18-32(45(41-30)24-19-36-42(4)20-24)38-33(46)37-28-11-12-29(27-9-7-6-8-26(27)28)50-25-10-13-31-39-40-34(44(31)21-25)43-16-14-23(15-17-43)22-49-51(5,47)48/h6-10,13,18-21,23,28-29H,11-12,14-17,22H2,1-5H3,(H2,37,38,46)/t28-,29+/m0/s1. The van der Waals surface area contributed by atoms with Crippen molar-refractivity contribution in [1.82, 2.24) is 39.5 Å². The predicted octanol–water partition coefficient (Wildman–Crippen LogP) is 4.92. The van der Waals surface area contributed by atoms with E-state index in [1.165, 1.54) is 0 Å². The van der Waals surface area contributed by atoms with Crippen LogP contribution >= 0.6 is 0 Å². The summed E-state index contributed by atoms with van der Waals surface area (Å²) in [5.41, 5.74) is 4.13. The van der Waals surface area contributed by atoms with Gasteiger partial charge in [0.25, 0.3) is 10.1 Å². The SMILES string of the molecule is Cn1cc(-n2nc(C(C)(C)C)cc2NC(=O)N[C@H]2CC[C@@H](Oc3ccc4nnc(N5CCC(COS(C)(=O)=O)CC5)n4c3)c3ccccc32)cn1. The summed E-state index contributed by atoms with van der Waals surface area (Å²) in [6, 6.07) is 13.2. The lowest BCUT2D eigenvalue weighted by Gasteiger charge is -2.32. The summed E-state index contributed by atoms with van der Waals surface area (Å²) in [6.45, 7) is 7.88. The fourth-order valence-electron chi connectivity index (χ4n) is 6.71. The van der Waals surface area contributed by atoms with Crippen molar-refractivity contribution in [2.24, 2.45) is 13.0 Å². The van der Waals surface area contributed by atoms with Crippen molar-refractivity contribution < 1.29 is 22.1 Å². The molecule has 2 N–H and O–H groups in total. The van der Waals surface area contributed by atoms with Gasteiger partial charge in [0, 0.05) is 31.6 Å². The minimum absolute atomic E-state index is 0.168. The summed E-state index contributed by atoms with van der Waals surface area (Å²) in [4.78, 5) is 15.7. The van der Waals surface area contributed by atoms with E-state index >= 15 is 0 Å². The highest BCUT2D eigenvalue weighted by Gasteiger charge is 2.31. The Balaban J connectivity index is 1.03. The van der Waals surface area contributed by atoms with E-state index in [4.69, 9.17) is 14.0 Å². The van der Waals surface area contributed by atoms with E-state index in [-0.39, 0.29) is 36.1 Å². The molecule has 7 rings (SSSR count). The Morgan fingerprint density at radius 1 is 1.00 bits per heavy atom. The van der Waals surface area contributed by atoms with Gasteiger partial charge in [-0.25, -0.2) is 9.48 Å². The van der Waals surface area contributed by atoms with Gasteiger partial charge in [0.1, 0.15) is 23.4 Å². The summed E-state index contributed by atoms with van der Waals surface area (Å²) in [5.74, 6) is 2.13. The molecule has 0 spiro atoms. The van der Waals surface area contributed by atoms with Crippen LogP contribution in [0.5, 0.6) is 5.75 Å². The molecule has 0 radical (unpaired) electrons. The molecule has 1 aliphatic carbocycles. The number of pyridine rings is 1. The van der Waals surface area contributed by atoms with Crippen LogP contribution in [-0.2, 0) is 26.8 Å². The molecule has 2 aliphatic rings. The van der Waals surface area contributed by atoms with Gasteiger partial charge in [-0.2, -0.15) is 18.6 Å². The van der Waals surface area contributed by atoms with Crippen molar-refractivity contribution >= 4 is 33.6 Å². The molecule has 1 saturated heterocycles. The van der Waals surface area contributed by atoms with Crippen LogP contribution in [0.3, 0.4) is 0 Å². The second-order valence-corrected chi connectivity index (χ2v) is 16.1. The number of nitrogens with one attached hydrogen (secondary N) is 2. The van der Waals surface area contributed by atoms with Crippen molar-refractivity contribution in [2.75, 3.05) is 36.2 Å². The third-order valence-corrected chi connectivity index (χ3v) is 10.0. The maximum atomic E-state index is 13.5. The van der Waals surface area contributed by atoms with E-state index in [2.05, 4.69) is 57.7 Å². The third kappa shape index (κ3) is 7.71. The Morgan fingerprint density at radius 2 is 1.76 bits per heavy atom. The number of ether oxygens (including phenoxy) is 1. The first kappa shape index (κ1) is 34.5. The molecule has 5 aromatic rings. The Morgan fingerprint density at radius 3 is 2.47 bits per heavy atom. The normalized spacial score (nSPS) is 18.5. The Kier molecular flexibility index (Phi) is 9.22. The highest BCUT2D eigenvalue weighted by molar-refractivity contribution is 7.85. The molecule has 51 heavy (non-hydrogen) atoms. The summed E-state index contributed by atoms with van der Waals surface area (Å²) >= 11 is 0. The third-order valence-electron chi connectivity index (χ3n) is 9.45. The molecular weight excluding hydrogens is 673 g/mol. The lowest BCUT2D eigenvalue weighted by molar-refractivity contribution is 0.171. The number of carbonyl (C=O) groups is 1. The van der Waals surface area contributed by atoms with E-state index in [1.807, 2.05) is 60.2 Å². The molecule has 1 aliphatic heterocycles. The van der Waals surface area contributed by atoms with Crippen LogP contribution < -0.4 is 20.3 Å². The average Bonchev–Trinajstić information content (AvgIpc) is 3.83. The Hall–Kier alpha value is -4.96. The zero-order valence-corrected chi connectivity index (χ0v) is 30.3. The highest BCUT2D eigenvalue weighted by Crippen LogP contribution is 2.39. The zero-order chi connectivity index (χ0) is 35.9. The van der Waals surface area contributed by atoms with Crippen LogP contribution in [0.15, 0.2) is 61.1 Å². The fraction of sp³-hybridized carbons (Fsp3) is 0.457. The lowest BCUT2D eigenvalue weighted by atomic mass is 9.85. The van der Waals surface area contributed by atoms with Crippen LogP contribution in [0.25, 0.3) is 11.3 Å². The van der Waals surface area contributed by atoms with Crippen LogP contribution in [0.2, 0.25) is 0 Å². The van der Waals surface area contributed by atoms with Gasteiger partial charge in [-0.05, 0) is 54.9 Å². The van der Waals surface area contributed by atoms with Crippen molar-refractivity contribution in [3.8, 4) is 11.4 Å². The van der Waals surface area contributed by atoms with Crippen LogP contribution in [0, 0.1) is 5.92 Å². The van der Waals surface area contributed by atoms with Crippen LogP contribution in [-0.4, -0.2) is 74.6 Å². The van der Waals surface area contributed by atoms with Gasteiger partial charge >= 0.3 is 6.03 Å². The lowest BCUT2D eigenvalue weighted by Crippen LogP contribution is -2.36. The molecule has 2 atom stereocenters. The van der Waals surface area contributed by atoms with E-state index in [1.54, 1.807) is 15.6 Å². The number of piperidine rings is 1.